The Morgan fingerprint density at radius 3 is 2.56 bits per heavy atom. The number of primary sulfonamides is 1. The molecule has 0 heterocycles. The standard InChI is InChI=1S/C8H11N3O4S/c9-6-2-1-5(16(10,14)15)3-7(6)11-4-8(12)13/h1-3,11H,4,9H2,(H,12,13)(H2,10,14,15). The van der Waals surface area contributed by atoms with Crippen LogP contribution in [0.5, 0.6) is 0 Å². The van der Waals surface area contributed by atoms with Gasteiger partial charge in [-0.25, -0.2) is 13.6 Å². The number of nitrogen functional groups attached to an aromatic ring is 1. The van der Waals surface area contributed by atoms with Crippen molar-refractivity contribution in [2.75, 3.05) is 17.6 Å². The van der Waals surface area contributed by atoms with Crippen molar-refractivity contribution in [2.45, 2.75) is 4.90 Å². The van der Waals surface area contributed by atoms with E-state index in [1.165, 1.54) is 18.2 Å². The molecule has 0 aliphatic heterocycles. The van der Waals surface area contributed by atoms with E-state index in [0.717, 1.165) is 0 Å². The van der Waals surface area contributed by atoms with Gasteiger partial charge in [0.25, 0.3) is 0 Å². The van der Waals surface area contributed by atoms with Gasteiger partial charge in [0.1, 0.15) is 6.54 Å². The first-order valence-electron chi connectivity index (χ1n) is 4.18. The number of nitrogens with one attached hydrogen (secondary N) is 1. The third kappa shape index (κ3) is 3.11. The Hall–Kier alpha value is -1.80. The van der Waals surface area contributed by atoms with E-state index < -0.39 is 16.0 Å². The maximum Gasteiger partial charge on any atom is 0.322 e. The van der Waals surface area contributed by atoms with Gasteiger partial charge in [-0.1, -0.05) is 0 Å². The molecule has 0 fully saturated rings. The molecule has 0 saturated carbocycles. The lowest BCUT2D eigenvalue weighted by Gasteiger charge is -2.08. The predicted octanol–water partition coefficient (Wildman–Crippen LogP) is -0.587. The van der Waals surface area contributed by atoms with Gasteiger partial charge in [0, 0.05) is 0 Å². The highest BCUT2D eigenvalue weighted by atomic mass is 32.2. The fourth-order valence-electron chi connectivity index (χ4n) is 1.04. The Balaban J connectivity index is 3.04. The molecule has 6 N–H and O–H groups in total. The van der Waals surface area contributed by atoms with Crippen LogP contribution in [0.25, 0.3) is 0 Å². The van der Waals surface area contributed by atoms with E-state index in [4.69, 9.17) is 16.0 Å². The molecule has 0 unspecified atom stereocenters. The highest BCUT2D eigenvalue weighted by Crippen LogP contribution is 2.21. The number of aliphatic carboxylic acids is 1. The summed E-state index contributed by atoms with van der Waals surface area (Å²) in [6.45, 7) is -0.363. The van der Waals surface area contributed by atoms with Crippen LogP contribution in [0.15, 0.2) is 23.1 Å². The molecule has 8 heteroatoms. The number of hydrogen-bond donors (Lipinski definition) is 4. The van der Waals surface area contributed by atoms with Gasteiger partial charge >= 0.3 is 5.97 Å². The zero-order chi connectivity index (χ0) is 12.3. The number of carboxylic acids is 1. The summed E-state index contributed by atoms with van der Waals surface area (Å²) >= 11 is 0. The number of anilines is 2. The third-order valence-electron chi connectivity index (χ3n) is 1.78. The Kier molecular flexibility index (Phi) is 3.35. The Bertz CT molecular complexity index is 512. The number of rotatable bonds is 4. The zero-order valence-electron chi connectivity index (χ0n) is 8.17. The summed E-state index contributed by atoms with van der Waals surface area (Å²) in [6.07, 6.45) is 0. The van der Waals surface area contributed by atoms with E-state index >= 15 is 0 Å². The van der Waals surface area contributed by atoms with Crippen LogP contribution < -0.4 is 16.2 Å². The number of nitrogens with two attached hydrogens (primary N) is 2. The van der Waals surface area contributed by atoms with Gasteiger partial charge in [0.05, 0.1) is 16.3 Å². The highest BCUT2D eigenvalue weighted by Gasteiger charge is 2.10. The monoisotopic (exact) mass is 245 g/mol. The maximum atomic E-state index is 11.0. The molecule has 0 aromatic heterocycles. The molecule has 0 radical (unpaired) electrons. The minimum absolute atomic E-state index is 0.130. The van der Waals surface area contributed by atoms with Crippen molar-refractivity contribution in [2.24, 2.45) is 5.14 Å². The highest BCUT2D eigenvalue weighted by molar-refractivity contribution is 7.89. The van der Waals surface area contributed by atoms with E-state index in [1.807, 2.05) is 0 Å². The number of hydrogen-bond acceptors (Lipinski definition) is 5. The first-order valence-corrected chi connectivity index (χ1v) is 5.73. The molecule has 0 saturated heterocycles. The molecule has 1 aromatic carbocycles. The summed E-state index contributed by atoms with van der Waals surface area (Å²) < 4.78 is 22.1. The van der Waals surface area contributed by atoms with Gasteiger partial charge in [-0.05, 0) is 18.2 Å². The van der Waals surface area contributed by atoms with Gasteiger partial charge < -0.3 is 16.2 Å². The fourth-order valence-corrected chi connectivity index (χ4v) is 1.58. The van der Waals surface area contributed by atoms with Gasteiger partial charge in [-0.3, -0.25) is 4.79 Å². The average Bonchev–Trinajstić information content (AvgIpc) is 2.14. The predicted molar refractivity (Wildman–Crippen MR) is 58.4 cm³/mol. The van der Waals surface area contributed by atoms with Gasteiger partial charge in [0.2, 0.25) is 10.0 Å². The summed E-state index contributed by atoms with van der Waals surface area (Å²) in [7, 11) is -3.82. The molecular weight excluding hydrogens is 234 g/mol. The number of sulfonamides is 1. The summed E-state index contributed by atoms with van der Waals surface area (Å²) in [6, 6.07) is 3.77. The van der Waals surface area contributed by atoms with Crippen LogP contribution in [0.4, 0.5) is 11.4 Å². The molecule has 16 heavy (non-hydrogen) atoms. The van der Waals surface area contributed by atoms with Crippen LogP contribution in [0.3, 0.4) is 0 Å². The number of carboxylic acid groups (broad SMARTS) is 1. The van der Waals surface area contributed by atoms with Crippen molar-refractivity contribution in [1.82, 2.24) is 0 Å². The lowest BCUT2D eigenvalue weighted by molar-refractivity contribution is -0.134. The molecule has 1 rings (SSSR count). The zero-order valence-corrected chi connectivity index (χ0v) is 8.99. The normalized spacial score (nSPS) is 11.1. The van der Waals surface area contributed by atoms with Crippen LogP contribution in [0.1, 0.15) is 0 Å². The summed E-state index contributed by atoms with van der Waals surface area (Å²) in [5.74, 6) is -1.08. The minimum atomic E-state index is -3.82. The second-order valence-corrected chi connectivity index (χ2v) is 4.60. The smallest absolute Gasteiger partial charge is 0.322 e. The van der Waals surface area contributed by atoms with Crippen LogP contribution in [0.2, 0.25) is 0 Å². The van der Waals surface area contributed by atoms with Crippen molar-refractivity contribution in [3.8, 4) is 0 Å². The number of benzene rings is 1. The lowest BCUT2D eigenvalue weighted by Crippen LogP contribution is -2.15. The van der Waals surface area contributed by atoms with Gasteiger partial charge in [0.15, 0.2) is 0 Å². The van der Waals surface area contributed by atoms with E-state index in [0.29, 0.717) is 0 Å². The van der Waals surface area contributed by atoms with Crippen LogP contribution in [-0.2, 0) is 14.8 Å². The van der Waals surface area contributed by atoms with Gasteiger partial charge in [-0.15, -0.1) is 0 Å². The summed E-state index contributed by atoms with van der Waals surface area (Å²) in [5.41, 5.74) is 5.99. The Labute approximate surface area is 92.1 Å². The van der Waals surface area contributed by atoms with Crippen LogP contribution in [0, 0.1) is 0 Å². The molecule has 0 amide bonds. The molecular formula is C8H11N3O4S. The van der Waals surface area contributed by atoms with Crippen molar-refractivity contribution >= 4 is 27.4 Å². The molecule has 7 nitrogen and oxygen atoms in total. The molecule has 0 aliphatic rings. The van der Waals surface area contributed by atoms with Crippen LogP contribution in [-0.4, -0.2) is 26.0 Å². The molecule has 0 bridgehead atoms. The van der Waals surface area contributed by atoms with E-state index in [-0.39, 0.29) is 22.8 Å². The molecule has 88 valence electrons. The van der Waals surface area contributed by atoms with Crippen molar-refractivity contribution < 1.29 is 18.3 Å². The van der Waals surface area contributed by atoms with Gasteiger partial charge in [-0.2, -0.15) is 0 Å². The average molecular weight is 245 g/mol. The molecule has 0 aliphatic carbocycles. The number of carbonyl (C=O) groups is 1. The van der Waals surface area contributed by atoms with Crippen molar-refractivity contribution in [1.29, 1.82) is 0 Å². The molecule has 0 spiro atoms. The first-order chi connectivity index (χ1) is 7.30. The Morgan fingerprint density at radius 1 is 1.44 bits per heavy atom. The second-order valence-electron chi connectivity index (χ2n) is 3.04. The first kappa shape index (κ1) is 12.3. The Morgan fingerprint density at radius 2 is 2.06 bits per heavy atom. The molecule has 1 aromatic rings. The third-order valence-corrected chi connectivity index (χ3v) is 2.69. The van der Waals surface area contributed by atoms with Crippen LogP contribution >= 0.6 is 0 Å². The summed E-state index contributed by atoms with van der Waals surface area (Å²) in [4.78, 5) is 10.2. The SMILES string of the molecule is Nc1ccc(S(N)(=O)=O)cc1NCC(=O)O. The van der Waals surface area contributed by atoms with Crippen molar-refractivity contribution in [3.63, 3.8) is 0 Å². The fraction of sp³-hybridized carbons (Fsp3) is 0.125. The topological polar surface area (TPSA) is 136 Å². The summed E-state index contributed by atoms with van der Waals surface area (Å²) in [5, 5.41) is 15.8. The van der Waals surface area contributed by atoms with E-state index in [9.17, 15) is 13.2 Å². The molecule has 0 atom stereocenters. The van der Waals surface area contributed by atoms with E-state index in [2.05, 4.69) is 5.32 Å². The second kappa shape index (κ2) is 4.37. The lowest BCUT2D eigenvalue weighted by atomic mass is 10.2. The van der Waals surface area contributed by atoms with Crippen molar-refractivity contribution in [3.05, 3.63) is 18.2 Å². The quantitative estimate of drug-likeness (QED) is 0.523. The maximum absolute atomic E-state index is 11.0. The van der Waals surface area contributed by atoms with E-state index in [1.54, 1.807) is 0 Å². The largest absolute Gasteiger partial charge is 0.480 e. The minimum Gasteiger partial charge on any atom is -0.480 e.